The molecule has 1 aliphatic heterocycles. The van der Waals surface area contributed by atoms with Crippen molar-refractivity contribution >= 4 is 23.2 Å². The van der Waals surface area contributed by atoms with E-state index in [4.69, 9.17) is 11.6 Å². The van der Waals surface area contributed by atoms with Crippen molar-refractivity contribution < 1.29 is 4.79 Å². The molecule has 102 valence electrons. The number of hydrogen-bond donors (Lipinski definition) is 1. The maximum absolute atomic E-state index is 12.3. The zero-order valence-corrected chi connectivity index (χ0v) is 11.5. The third-order valence-corrected chi connectivity index (χ3v) is 3.47. The van der Waals surface area contributed by atoms with Gasteiger partial charge in [-0.05, 0) is 36.4 Å². The minimum atomic E-state index is -0.0259. The second kappa shape index (κ2) is 5.53. The van der Waals surface area contributed by atoms with Crippen LogP contribution >= 0.6 is 11.6 Å². The van der Waals surface area contributed by atoms with E-state index < -0.39 is 0 Å². The second-order valence-electron chi connectivity index (χ2n) is 4.57. The molecule has 0 spiro atoms. The normalized spacial score (nSPS) is 14.7. The summed E-state index contributed by atoms with van der Waals surface area (Å²) in [4.78, 5) is 14.4. The predicted molar refractivity (Wildman–Crippen MR) is 79.4 cm³/mol. The van der Waals surface area contributed by atoms with Crippen LogP contribution in [0.4, 0.5) is 5.69 Å². The summed E-state index contributed by atoms with van der Waals surface area (Å²) in [5.74, 6) is -0.0259. The van der Waals surface area contributed by atoms with Gasteiger partial charge in [0.2, 0.25) is 0 Å². The van der Waals surface area contributed by atoms with Gasteiger partial charge < -0.3 is 4.90 Å². The fourth-order valence-corrected chi connectivity index (χ4v) is 2.26. The van der Waals surface area contributed by atoms with E-state index in [0.717, 1.165) is 5.69 Å². The Bertz CT molecular complexity index is 600. The van der Waals surface area contributed by atoms with Crippen LogP contribution in [0.5, 0.6) is 0 Å². The maximum atomic E-state index is 12.3. The molecule has 0 aliphatic carbocycles. The number of carbonyl (C=O) groups excluding carboxylic acids is 1. The Morgan fingerprint density at radius 3 is 2.45 bits per heavy atom. The fraction of sp³-hybridized carbons (Fsp3) is 0.133. The summed E-state index contributed by atoms with van der Waals surface area (Å²) in [5, 5.41) is 2.32. The fourth-order valence-electron chi connectivity index (χ4n) is 2.14. The Kier molecular flexibility index (Phi) is 3.58. The average molecular weight is 288 g/mol. The van der Waals surface area contributed by atoms with Crippen LogP contribution in [0.3, 0.4) is 0 Å². The molecule has 5 heteroatoms. The first kappa shape index (κ1) is 13.0. The molecule has 0 unspecified atom stereocenters. The van der Waals surface area contributed by atoms with Gasteiger partial charge in [0.05, 0.1) is 6.67 Å². The van der Waals surface area contributed by atoms with Crippen LogP contribution in [0.2, 0.25) is 5.02 Å². The zero-order valence-electron chi connectivity index (χ0n) is 10.8. The topological polar surface area (TPSA) is 35.6 Å². The van der Waals surface area contributed by atoms with Gasteiger partial charge in [0.25, 0.3) is 5.91 Å². The number of anilines is 1. The monoisotopic (exact) mass is 287 g/mol. The molecule has 0 aromatic heterocycles. The van der Waals surface area contributed by atoms with E-state index >= 15 is 0 Å². The van der Waals surface area contributed by atoms with E-state index in [9.17, 15) is 4.79 Å². The molecule has 2 aromatic rings. The molecule has 0 bridgehead atoms. The van der Waals surface area contributed by atoms with Crippen LogP contribution in [0, 0.1) is 0 Å². The summed E-state index contributed by atoms with van der Waals surface area (Å²) in [7, 11) is 0. The van der Waals surface area contributed by atoms with Crippen LogP contribution < -0.4 is 10.3 Å². The Hall–Kier alpha value is -2.04. The molecule has 0 saturated carbocycles. The number of benzene rings is 2. The third-order valence-electron chi connectivity index (χ3n) is 3.22. The number of amides is 1. The van der Waals surface area contributed by atoms with Crippen LogP contribution in [-0.2, 0) is 0 Å². The van der Waals surface area contributed by atoms with Gasteiger partial charge in [-0.15, -0.1) is 0 Å². The van der Waals surface area contributed by atoms with Crippen molar-refractivity contribution in [3.8, 4) is 0 Å². The lowest BCUT2D eigenvalue weighted by Crippen LogP contribution is -2.37. The van der Waals surface area contributed by atoms with Crippen molar-refractivity contribution in [2.45, 2.75) is 0 Å². The van der Waals surface area contributed by atoms with Crippen molar-refractivity contribution in [1.82, 2.24) is 10.4 Å². The quantitative estimate of drug-likeness (QED) is 0.922. The van der Waals surface area contributed by atoms with Crippen molar-refractivity contribution in [3.63, 3.8) is 0 Å². The molecule has 1 fully saturated rings. The Labute approximate surface area is 122 Å². The summed E-state index contributed by atoms with van der Waals surface area (Å²) in [6.45, 7) is 1.11. The highest BCUT2D eigenvalue weighted by atomic mass is 35.5. The number of halogens is 1. The maximum Gasteiger partial charge on any atom is 0.269 e. The zero-order chi connectivity index (χ0) is 13.9. The number of nitrogens with zero attached hydrogens (tertiary/aromatic N) is 2. The van der Waals surface area contributed by atoms with E-state index in [1.807, 2.05) is 54.6 Å². The van der Waals surface area contributed by atoms with E-state index in [2.05, 4.69) is 10.3 Å². The van der Waals surface area contributed by atoms with Crippen LogP contribution in [0.25, 0.3) is 0 Å². The van der Waals surface area contributed by atoms with Crippen molar-refractivity contribution in [2.24, 2.45) is 0 Å². The molecule has 2 aromatic carbocycles. The molecule has 20 heavy (non-hydrogen) atoms. The van der Waals surface area contributed by atoms with Gasteiger partial charge in [-0.2, -0.15) is 0 Å². The Balaban J connectivity index is 1.71. The minimum absolute atomic E-state index is 0.0259. The van der Waals surface area contributed by atoms with Gasteiger partial charge in [-0.1, -0.05) is 29.8 Å². The smallest absolute Gasteiger partial charge is 0.269 e. The molecular weight excluding hydrogens is 274 g/mol. The molecule has 1 aliphatic rings. The summed E-state index contributed by atoms with van der Waals surface area (Å²) in [5.41, 5.74) is 4.81. The van der Waals surface area contributed by atoms with Crippen molar-refractivity contribution in [1.29, 1.82) is 0 Å². The average Bonchev–Trinajstić information content (AvgIpc) is 2.98. The lowest BCUT2D eigenvalue weighted by atomic mass is 10.2. The first-order valence-electron chi connectivity index (χ1n) is 6.35. The van der Waals surface area contributed by atoms with Gasteiger partial charge in [0.15, 0.2) is 0 Å². The lowest BCUT2D eigenvalue weighted by molar-refractivity contribution is 0.0726. The molecule has 1 N–H and O–H groups in total. The second-order valence-corrected chi connectivity index (χ2v) is 5.01. The largest absolute Gasteiger partial charge is 0.338 e. The standard InChI is InChI=1S/C15H14ClN3O/c16-13-6-8-14(9-7-13)18-10-17-19(11-18)15(20)12-4-2-1-3-5-12/h1-9,17H,10-11H2. The molecule has 1 saturated heterocycles. The molecule has 0 radical (unpaired) electrons. The highest BCUT2D eigenvalue weighted by molar-refractivity contribution is 6.30. The Morgan fingerprint density at radius 2 is 1.75 bits per heavy atom. The number of nitrogens with one attached hydrogen (secondary N) is 1. The molecule has 0 atom stereocenters. The highest BCUT2D eigenvalue weighted by Gasteiger charge is 2.24. The summed E-state index contributed by atoms with van der Waals surface area (Å²) in [6, 6.07) is 16.8. The van der Waals surface area contributed by atoms with Crippen molar-refractivity contribution in [2.75, 3.05) is 18.2 Å². The minimum Gasteiger partial charge on any atom is -0.338 e. The van der Waals surface area contributed by atoms with E-state index in [1.54, 1.807) is 5.01 Å². The van der Waals surface area contributed by atoms with Crippen molar-refractivity contribution in [3.05, 3.63) is 65.2 Å². The number of hydrogen-bond acceptors (Lipinski definition) is 3. The van der Waals surface area contributed by atoms with Gasteiger partial charge in [-0.25, -0.2) is 5.43 Å². The van der Waals surface area contributed by atoms with E-state index in [1.165, 1.54) is 0 Å². The van der Waals surface area contributed by atoms with Gasteiger partial charge in [0.1, 0.15) is 6.67 Å². The summed E-state index contributed by atoms with van der Waals surface area (Å²) in [6.07, 6.45) is 0. The first-order chi connectivity index (χ1) is 9.74. The van der Waals surface area contributed by atoms with Crippen LogP contribution in [0.1, 0.15) is 10.4 Å². The third kappa shape index (κ3) is 2.61. The molecule has 3 rings (SSSR count). The van der Waals surface area contributed by atoms with Gasteiger partial charge in [0, 0.05) is 16.3 Å². The highest BCUT2D eigenvalue weighted by Crippen LogP contribution is 2.20. The molecule has 1 amide bonds. The molecule has 4 nitrogen and oxygen atoms in total. The van der Waals surface area contributed by atoms with E-state index in [0.29, 0.717) is 23.9 Å². The number of rotatable bonds is 2. The van der Waals surface area contributed by atoms with Gasteiger partial charge in [-0.3, -0.25) is 9.80 Å². The lowest BCUT2D eigenvalue weighted by Gasteiger charge is -2.18. The molecule has 1 heterocycles. The first-order valence-corrected chi connectivity index (χ1v) is 6.73. The SMILES string of the molecule is O=C(c1ccccc1)N1CN(c2ccc(Cl)cc2)CN1. The van der Waals surface area contributed by atoms with E-state index in [-0.39, 0.29) is 5.91 Å². The Morgan fingerprint density at radius 1 is 1.05 bits per heavy atom. The summed E-state index contributed by atoms with van der Waals surface area (Å²) < 4.78 is 0. The predicted octanol–water partition coefficient (Wildman–Crippen LogP) is 2.72. The number of carbonyl (C=O) groups is 1. The number of hydrazine groups is 1. The van der Waals surface area contributed by atoms with Crippen LogP contribution in [-0.4, -0.2) is 24.3 Å². The van der Waals surface area contributed by atoms with Crippen LogP contribution in [0.15, 0.2) is 54.6 Å². The van der Waals surface area contributed by atoms with Gasteiger partial charge >= 0.3 is 0 Å². The molecular formula is C15H14ClN3O. The summed E-state index contributed by atoms with van der Waals surface area (Å²) >= 11 is 5.88.